The van der Waals surface area contributed by atoms with E-state index < -0.39 is 4.32 Å². The van der Waals surface area contributed by atoms with Crippen LogP contribution in [0.1, 0.15) is 13.8 Å². The number of carbonyl (C=O) groups is 1. The Labute approximate surface area is 110 Å². The van der Waals surface area contributed by atoms with E-state index in [-0.39, 0.29) is 5.91 Å². The predicted molar refractivity (Wildman–Crippen MR) is 68.6 cm³/mol. The SMILES string of the molecule is CC(C)(Br)C(=O)Nc1cnc(Cl)c(Br)c1. The second-order valence-corrected chi connectivity index (χ2v) is 6.62. The van der Waals surface area contributed by atoms with Crippen LogP contribution >= 0.6 is 43.5 Å². The summed E-state index contributed by atoms with van der Waals surface area (Å²) in [6.45, 7) is 3.53. The van der Waals surface area contributed by atoms with E-state index in [0.717, 1.165) is 0 Å². The van der Waals surface area contributed by atoms with Crippen molar-refractivity contribution in [1.29, 1.82) is 0 Å². The van der Waals surface area contributed by atoms with Gasteiger partial charge in [-0.1, -0.05) is 27.5 Å². The summed E-state index contributed by atoms with van der Waals surface area (Å²) in [5.41, 5.74) is 0.601. The van der Waals surface area contributed by atoms with Gasteiger partial charge in [0.15, 0.2) is 0 Å². The highest BCUT2D eigenvalue weighted by atomic mass is 79.9. The van der Waals surface area contributed by atoms with Gasteiger partial charge in [0.1, 0.15) is 5.15 Å². The Bertz CT molecular complexity index is 390. The maximum atomic E-state index is 11.6. The third kappa shape index (κ3) is 3.74. The first-order valence-electron chi connectivity index (χ1n) is 4.12. The number of amides is 1. The summed E-state index contributed by atoms with van der Waals surface area (Å²) >= 11 is 12.2. The normalized spacial score (nSPS) is 11.3. The van der Waals surface area contributed by atoms with Crippen molar-refractivity contribution in [2.45, 2.75) is 18.2 Å². The minimum Gasteiger partial charge on any atom is -0.323 e. The highest BCUT2D eigenvalue weighted by molar-refractivity contribution is 9.10. The molecular formula is C9H9Br2ClN2O. The Balaban J connectivity index is 2.83. The Morgan fingerprint density at radius 1 is 1.60 bits per heavy atom. The van der Waals surface area contributed by atoms with Crippen molar-refractivity contribution in [2.24, 2.45) is 0 Å². The van der Waals surface area contributed by atoms with Gasteiger partial charge in [0, 0.05) is 0 Å². The van der Waals surface area contributed by atoms with Crippen molar-refractivity contribution in [3.63, 3.8) is 0 Å². The van der Waals surface area contributed by atoms with E-state index in [4.69, 9.17) is 11.6 Å². The lowest BCUT2D eigenvalue weighted by Gasteiger charge is -2.15. The summed E-state index contributed by atoms with van der Waals surface area (Å²) in [5, 5.41) is 3.08. The van der Waals surface area contributed by atoms with Gasteiger partial charge in [-0.2, -0.15) is 0 Å². The van der Waals surface area contributed by atoms with Gasteiger partial charge in [-0.25, -0.2) is 4.98 Å². The average Bonchev–Trinajstić information content (AvgIpc) is 2.10. The van der Waals surface area contributed by atoms with Crippen molar-refractivity contribution in [3.8, 4) is 0 Å². The zero-order valence-electron chi connectivity index (χ0n) is 8.14. The number of nitrogens with zero attached hydrogens (tertiary/aromatic N) is 1. The second-order valence-electron chi connectivity index (χ2n) is 3.42. The molecule has 0 bridgehead atoms. The maximum absolute atomic E-state index is 11.6. The fraction of sp³-hybridized carbons (Fsp3) is 0.333. The topological polar surface area (TPSA) is 42.0 Å². The number of alkyl halides is 1. The molecule has 0 atom stereocenters. The Kier molecular flexibility index (Phi) is 4.14. The summed E-state index contributed by atoms with van der Waals surface area (Å²) in [4.78, 5) is 15.5. The number of nitrogens with one attached hydrogen (secondary N) is 1. The number of hydrogen-bond acceptors (Lipinski definition) is 2. The average molecular weight is 356 g/mol. The molecule has 1 heterocycles. The molecule has 82 valence electrons. The van der Waals surface area contributed by atoms with Crippen molar-refractivity contribution >= 4 is 55.1 Å². The highest BCUT2D eigenvalue weighted by Gasteiger charge is 2.23. The quantitative estimate of drug-likeness (QED) is 0.650. The summed E-state index contributed by atoms with van der Waals surface area (Å²) in [5.74, 6) is -0.140. The van der Waals surface area contributed by atoms with Gasteiger partial charge in [-0.3, -0.25) is 4.79 Å². The zero-order valence-corrected chi connectivity index (χ0v) is 12.1. The number of pyridine rings is 1. The van der Waals surface area contributed by atoms with Crippen LogP contribution < -0.4 is 5.32 Å². The molecule has 0 unspecified atom stereocenters. The minimum atomic E-state index is -0.612. The van der Waals surface area contributed by atoms with E-state index in [1.54, 1.807) is 19.9 Å². The maximum Gasteiger partial charge on any atom is 0.240 e. The zero-order chi connectivity index (χ0) is 11.6. The van der Waals surface area contributed by atoms with Crippen LogP contribution in [0.4, 0.5) is 5.69 Å². The van der Waals surface area contributed by atoms with Crippen molar-refractivity contribution in [1.82, 2.24) is 4.98 Å². The van der Waals surface area contributed by atoms with E-state index in [0.29, 0.717) is 15.3 Å². The Morgan fingerprint density at radius 2 is 2.20 bits per heavy atom. The lowest BCUT2D eigenvalue weighted by molar-refractivity contribution is -0.117. The fourth-order valence-corrected chi connectivity index (χ4v) is 1.32. The van der Waals surface area contributed by atoms with E-state index in [9.17, 15) is 4.79 Å². The Hall–Kier alpha value is -0.130. The molecule has 3 nitrogen and oxygen atoms in total. The van der Waals surface area contributed by atoms with Crippen LogP contribution in [0.5, 0.6) is 0 Å². The van der Waals surface area contributed by atoms with Crippen LogP contribution in [0.2, 0.25) is 5.15 Å². The third-order valence-corrected chi connectivity index (χ3v) is 3.09. The molecule has 0 aliphatic rings. The summed E-state index contributed by atoms with van der Waals surface area (Å²) < 4.78 is 0.0356. The molecule has 0 aliphatic carbocycles. The van der Waals surface area contributed by atoms with Crippen LogP contribution in [-0.2, 0) is 4.79 Å². The molecule has 0 saturated carbocycles. The fourth-order valence-electron chi connectivity index (χ4n) is 0.769. The molecule has 0 fully saturated rings. The number of hydrogen-bond donors (Lipinski definition) is 1. The number of carbonyl (C=O) groups excluding carboxylic acids is 1. The van der Waals surface area contributed by atoms with Gasteiger partial charge < -0.3 is 5.32 Å². The smallest absolute Gasteiger partial charge is 0.240 e. The molecule has 6 heteroatoms. The number of halogens is 3. The number of anilines is 1. The van der Waals surface area contributed by atoms with Crippen LogP contribution in [-0.4, -0.2) is 15.2 Å². The number of rotatable bonds is 2. The molecule has 1 rings (SSSR count). The molecule has 15 heavy (non-hydrogen) atoms. The molecule has 1 N–H and O–H groups in total. The van der Waals surface area contributed by atoms with E-state index in [1.807, 2.05) is 0 Å². The lowest BCUT2D eigenvalue weighted by Crippen LogP contribution is -2.30. The van der Waals surface area contributed by atoms with Crippen LogP contribution in [0.25, 0.3) is 0 Å². The van der Waals surface area contributed by atoms with Gasteiger partial charge in [0.2, 0.25) is 5.91 Å². The number of aromatic nitrogens is 1. The monoisotopic (exact) mass is 354 g/mol. The first-order chi connectivity index (χ1) is 6.80. The minimum absolute atomic E-state index is 0.140. The van der Waals surface area contributed by atoms with E-state index >= 15 is 0 Å². The van der Waals surface area contributed by atoms with Gasteiger partial charge in [-0.05, 0) is 35.8 Å². The Morgan fingerprint density at radius 3 is 2.67 bits per heavy atom. The van der Waals surface area contributed by atoms with E-state index in [2.05, 4.69) is 42.2 Å². The summed E-state index contributed by atoms with van der Waals surface area (Å²) in [6.07, 6.45) is 1.50. The van der Waals surface area contributed by atoms with Gasteiger partial charge in [-0.15, -0.1) is 0 Å². The third-order valence-electron chi connectivity index (χ3n) is 1.59. The van der Waals surface area contributed by atoms with E-state index in [1.165, 1.54) is 6.20 Å². The molecule has 0 saturated heterocycles. The molecule has 0 aromatic carbocycles. The molecule has 0 spiro atoms. The van der Waals surface area contributed by atoms with Crippen molar-refractivity contribution < 1.29 is 4.79 Å². The second kappa shape index (κ2) is 4.80. The van der Waals surface area contributed by atoms with Gasteiger partial charge >= 0.3 is 0 Å². The summed E-state index contributed by atoms with van der Waals surface area (Å²) in [7, 11) is 0. The molecule has 1 amide bonds. The highest BCUT2D eigenvalue weighted by Crippen LogP contribution is 2.24. The lowest BCUT2D eigenvalue weighted by atomic mass is 10.2. The first kappa shape index (κ1) is 12.9. The van der Waals surface area contributed by atoms with Gasteiger partial charge in [0.25, 0.3) is 0 Å². The molecule has 1 aromatic heterocycles. The molecular weight excluding hydrogens is 347 g/mol. The first-order valence-corrected chi connectivity index (χ1v) is 6.08. The van der Waals surface area contributed by atoms with Gasteiger partial charge in [0.05, 0.1) is 20.7 Å². The molecule has 0 radical (unpaired) electrons. The molecule has 0 aliphatic heterocycles. The predicted octanol–water partition coefficient (Wildman–Crippen LogP) is 3.61. The van der Waals surface area contributed by atoms with Crippen molar-refractivity contribution in [3.05, 3.63) is 21.9 Å². The largest absolute Gasteiger partial charge is 0.323 e. The van der Waals surface area contributed by atoms with Crippen LogP contribution in [0.3, 0.4) is 0 Å². The van der Waals surface area contributed by atoms with Crippen LogP contribution in [0, 0.1) is 0 Å². The standard InChI is InChI=1S/C9H9Br2ClN2O/c1-9(2,11)8(15)14-5-3-6(10)7(12)13-4-5/h3-4H,1-2H3,(H,14,15). The summed E-state index contributed by atoms with van der Waals surface area (Å²) in [6, 6.07) is 1.70. The van der Waals surface area contributed by atoms with Crippen LogP contribution in [0.15, 0.2) is 16.7 Å². The molecule has 1 aromatic rings. The van der Waals surface area contributed by atoms with Crippen molar-refractivity contribution in [2.75, 3.05) is 5.32 Å².